The first kappa shape index (κ1) is 21.3. The molecule has 3 aromatic rings. The van der Waals surface area contributed by atoms with E-state index in [0.717, 1.165) is 5.56 Å². The number of piperazine rings is 1. The van der Waals surface area contributed by atoms with Crippen LogP contribution in [-0.4, -0.2) is 64.7 Å². The normalized spacial score (nSPS) is 18.5. The van der Waals surface area contributed by atoms with Gasteiger partial charge in [-0.3, -0.25) is 14.5 Å². The number of rotatable bonds is 4. The largest absolute Gasteiger partial charge is 0.365 e. The number of nitrogens with zero attached hydrogens (tertiary/aromatic N) is 5. The monoisotopic (exact) mass is 455 g/mol. The Labute approximate surface area is 188 Å². The Bertz CT molecular complexity index is 1270. The molecule has 1 saturated heterocycles. The lowest BCUT2D eigenvalue weighted by molar-refractivity contribution is -0.119. The molecule has 2 N–H and O–H groups in total. The van der Waals surface area contributed by atoms with Crippen molar-refractivity contribution in [3.8, 4) is 0 Å². The molecule has 2 aromatic heterocycles. The molecular formula is C22H23F2N7O2. The van der Waals surface area contributed by atoms with Gasteiger partial charge in [0, 0.05) is 39.8 Å². The van der Waals surface area contributed by atoms with E-state index in [2.05, 4.69) is 25.6 Å². The van der Waals surface area contributed by atoms with Gasteiger partial charge in [-0.15, -0.1) is 5.10 Å². The minimum Gasteiger partial charge on any atom is -0.365 e. The number of anilines is 2. The number of benzene rings is 1. The highest BCUT2D eigenvalue weighted by atomic mass is 19.1. The molecule has 5 rings (SSSR count). The summed E-state index contributed by atoms with van der Waals surface area (Å²) < 4.78 is 30.4. The third kappa shape index (κ3) is 3.67. The Hall–Kier alpha value is -3.60. The molecule has 1 atom stereocenters. The lowest BCUT2D eigenvalue weighted by atomic mass is 10.1. The first-order chi connectivity index (χ1) is 15.9. The average Bonchev–Trinajstić information content (AvgIpc) is 3.14. The molecule has 0 aliphatic carbocycles. The van der Waals surface area contributed by atoms with Crippen LogP contribution >= 0.6 is 0 Å². The van der Waals surface area contributed by atoms with Gasteiger partial charge >= 0.3 is 0 Å². The second-order valence-corrected chi connectivity index (χ2v) is 8.29. The zero-order valence-corrected chi connectivity index (χ0v) is 18.2. The lowest BCUT2D eigenvalue weighted by Crippen LogP contribution is -2.46. The van der Waals surface area contributed by atoms with Crippen LogP contribution in [0.3, 0.4) is 0 Å². The van der Waals surface area contributed by atoms with Gasteiger partial charge in [0.2, 0.25) is 17.8 Å². The molecule has 0 radical (unpaired) electrons. The van der Waals surface area contributed by atoms with Gasteiger partial charge in [0.15, 0.2) is 0 Å². The van der Waals surface area contributed by atoms with Gasteiger partial charge in [-0.05, 0) is 36.8 Å². The molecule has 0 bridgehead atoms. The van der Waals surface area contributed by atoms with Gasteiger partial charge in [-0.25, -0.2) is 9.67 Å². The van der Waals surface area contributed by atoms with Crippen LogP contribution in [-0.2, 0) is 11.3 Å². The Kier molecular flexibility index (Phi) is 5.20. The zero-order chi connectivity index (χ0) is 23.3. The van der Waals surface area contributed by atoms with E-state index in [9.17, 15) is 18.4 Å². The molecule has 2 aliphatic rings. The molecule has 2 aliphatic heterocycles. The molecule has 0 saturated carbocycles. The number of aromatic nitrogens is 3. The first-order valence-electron chi connectivity index (χ1n) is 10.7. The average molecular weight is 455 g/mol. The molecule has 0 spiro atoms. The van der Waals surface area contributed by atoms with Crippen LogP contribution in [0, 0.1) is 11.9 Å². The van der Waals surface area contributed by atoms with Crippen molar-refractivity contribution in [1.29, 1.82) is 0 Å². The van der Waals surface area contributed by atoms with Crippen molar-refractivity contribution in [3.05, 3.63) is 47.4 Å². The van der Waals surface area contributed by atoms with Gasteiger partial charge in [0.05, 0.1) is 22.3 Å². The number of pyridine rings is 1. The summed E-state index contributed by atoms with van der Waals surface area (Å²) >= 11 is 0. The van der Waals surface area contributed by atoms with Gasteiger partial charge in [0.1, 0.15) is 11.7 Å². The number of nitrogens with one attached hydrogen (secondary N) is 2. The predicted molar refractivity (Wildman–Crippen MR) is 118 cm³/mol. The number of hydrogen-bond donors (Lipinski definition) is 2. The van der Waals surface area contributed by atoms with E-state index < -0.39 is 23.8 Å². The van der Waals surface area contributed by atoms with Gasteiger partial charge in [0.25, 0.3) is 5.91 Å². The SMILES string of the molecule is CNC(=O)c1ccc(N2CCN(Cc3cc4c5c(c3)c(F)nn5[C@H](C)C(=O)N4)CC2)c(F)n1. The van der Waals surface area contributed by atoms with Crippen LogP contribution in [0.25, 0.3) is 10.9 Å². The van der Waals surface area contributed by atoms with Crippen molar-refractivity contribution in [2.45, 2.75) is 19.5 Å². The summed E-state index contributed by atoms with van der Waals surface area (Å²) in [4.78, 5) is 31.7. The minimum atomic E-state index is -0.674. The number of halogens is 2. The maximum absolute atomic E-state index is 14.5. The topological polar surface area (TPSA) is 95.4 Å². The van der Waals surface area contributed by atoms with E-state index in [1.54, 1.807) is 19.1 Å². The van der Waals surface area contributed by atoms with Crippen LogP contribution in [0.5, 0.6) is 0 Å². The molecule has 1 fully saturated rings. The van der Waals surface area contributed by atoms with Crippen molar-refractivity contribution in [3.63, 3.8) is 0 Å². The Balaban J connectivity index is 1.30. The second kappa shape index (κ2) is 8.07. The molecule has 9 nitrogen and oxygen atoms in total. The third-order valence-electron chi connectivity index (χ3n) is 6.23. The maximum atomic E-state index is 14.5. The van der Waals surface area contributed by atoms with Crippen molar-refractivity contribution >= 4 is 34.1 Å². The van der Waals surface area contributed by atoms with E-state index in [1.165, 1.54) is 17.8 Å². The predicted octanol–water partition coefficient (Wildman–Crippen LogP) is 1.90. The fourth-order valence-corrected chi connectivity index (χ4v) is 4.43. The molecule has 1 aromatic carbocycles. The van der Waals surface area contributed by atoms with E-state index in [4.69, 9.17) is 0 Å². The van der Waals surface area contributed by atoms with Crippen molar-refractivity contribution < 1.29 is 18.4 Å². The van der Waals surface area contributed by atoms with Crippen LogP contribution in [0.4, 0.5) is 20.2 Å². The Morgan fingerprint density at radius 1 is 1.18 bits per heavy atom. The second-order valence-electron chi connectivity index (χ2n) is 8.29. The summed E-state index contributed by atoms with van der Waals surface area (Å²) in [6, 6.07) is 6.15. The maximum Gasteiger partial charge on any atom is 0.269 e. The standard InChI is InChI=1S/C22H23F2N7O2/c1-12-21(32)27-16-10-13(9-14-18(16)31(12)28-19(14)23)11-29-5-7-30(8-6-29)17-4-3-15(22(33)25-2)26-20(17)24/h3-4,9-10,12H,5-8,11H2,1-2H3,(H,25,33)(H,27,32)/t12-/m1/s1. The van der Waals surface area contributed by atoms with Gasteiger partial charge in [-0.2, -0.15) is 8.78 Å². The van der Waals surface area contributed by atoms with Crippen molar-refractivity contribution in [2.24, 2.45) is 0 Å². The zero-order valence-electron chi connectivity index (χ0n) is 18.2. The lowest BCUT2D eigenvalue weighted by Gasteiger charge is -2.36. The van der Waals surface area contributed by atoms with Gasteiger partial charge < -0.3 is 15.5 Å². The fourth-order valence-electron chi connectivity index (χ4n) is 4.43. The summed E-state index contributed by atoms with van der Waals surface area (Å²) in [6.45, 7) is 4.72. The van der Waals surface area contributed by atoms with Crippen LogP contribution in [0.2, 0.25) is 0 Å². The van der Waals surface area contributed by atoms with Crippen molar-refractivity contribution in [2.75, 3.05) is 43.4 Å². The van der Waals surface area contributed by atoms with E-state index in [1.807, 2.05) is 11.0 Å². The summed E-state index contributed by atoms with van der Waals surface area (Å²) in [5, 5.41) is 9.58. The van der Waals surface area contributed by atoms with E-state index >= 15 is 0 Å². The fraction of sp³-hybridized carbons (Fsp3) is 0.364. The molecule has 11 heteroatoms. The Morgan fingerprint density at radius 2 is 1.94 bits per heavy atom. The highest BCUT2D eigenvalue weighted by molar-refractivity contribution is 6.06. The highest BCUT2D eigenvalue weighted by Crippen LogP contribution is 2.34. The molecule has 0 unspecified atom stereocenters. The third-order valence-corrected chi connectivity index (χ3v) is 6.23. The van der Waals surface area contributed by atoms with Crippen LogP contribution < -0.4 is 15.5 Å². The summed E-state index contributed by atoms with van der Waals surface area (Å²) in [6.07, 6.45) is 0. The van der Waals surface area contributed by atoms with E-state index in [0.29, 0.717) is 55.0 Å². The Morgan fingerprint density at radius 3 is 2.64 bits per heavy atom. The number of carbonyl (C=O) groups excluding carboxylic acids is 2. The molecule has 4 heterocycles. The minimum absolute atomic E-state index is 0.0359. The summed E-state index contributed by atoms with van der Waals surface area (Å²) in [5.74, 6) is -1.93. The number of amides is 2. The van der Waals surface area contributed by atoms with Gasteiger partial charge in [-0.1, -0.05) is 0 Å². The molecule has 33 heavy (non-hydrogen) atoms. The highest BCUT2D eigenvalue weighted by Gasteiger charge is 2.29. The first-order valence-corrected chi connectivity index (χ1v) is 10.7. The number of hydrogen-bond acceptors (Lipinski definition) is 6. The molecule has 172 valence electrons. The smallest absolute Gasteiger partial charge is 0.269 e. The summed E-state index contributed by atoms with van der Waals surface area (Å²) in [7, 11) is 1.47. The molecule has 2 amide bonds. The van der Waals surface area contributed by atoms with Crippen molar-refractivity contribution in [1.82, 2.24) is 25.0 Å². The van der Waals surface area contributed by atoms with E-state index in [-0.39, 0.29) is 11.6 Å². The van der Waals surface area contributed by atoms with Crippen LogP contribution in [0.15, 0.2) is 24.3 Å². The molecular weight excluding hydrogens is 432 g/mol. The quantitative estimate of drug-likeness (QED) is 0.584. The number of carbonyl (C=O) groups is 2. The van der Waals surface area contributed by atoms with Crippen LogP contribution in [0.1, 0.15) is 29.0 Å². The summed E-state index contributed by atoms with van der Waals surface area (Å²) in [5.41, 5.74) is 2.41.